The molecule has 2 rings (SSSR count). The number of nitrogens with zero attached hydrogens (tertiary/aromatic N) is 3. The summed E-state index contributed by atoms with van der Waals surface area (Å²) in [6, 6.07) is 5.13. The highest BCUT2D eigenvalue weighted by atomic mass is 35.5. The number of rotatable bonds is 4. The lowest BCUT2D eigenvalue weighted by Gasteiger charge is -2.18. The molecular formula is C12H11ClN4O3. The summed E-state index contributed by atoms with van der Waals surface area (Å²) < 4.78 is 1.53. The van der Waals surface area contributed by atoms with Crippen molar-refractivity contribution >= 4 is 35.3 Å². The fourth-order valence-corrected chi connectivity index (χ4v) is 2.15. The van der Waals surface area contributed by atoms with Crippen molar-refractivity contribution in [1.82, 2.24) is 14.7 Å². The summed E-state index contributed by atoms with van der Waals surface area (Å²) in [6.45, 7) is -0.186. The number of carbonyl (C=O) groups is 2. The van der Waals surface area contributed by atoms with E-state index in [1.807, 2.05) is 5.32 Å². The van der Waals surface area contributed by atoms with Crippen LogP contribution in [0.15, 0.2) is 29.2 Å². The van der Waals surface area contributed by atoms with E-state index in [0.29, 0.717) is 5.65 Å². The number of nitrogens with one attached hydrogen (secondary N) is 1. The molecule has 0 unspecified atom stereocenters. The largest absolute Gasteiger partial charge is 0.358 e. The van der Waals surface area contributed by atoms with E-state index >= 15 is 0 Å². The molecule has 2 heterocycles. The van der Waals surface area contributed by atoms with Gasteiger partial charge in [-0.3, -0.25) is 24.1 Å². The third-order valence-electron chi connectivity index (χ3n) is 2.65. The van der Waals surface area contributed by atoms with Gasteiger partial charge in [0.2, 0.25) is 12.3 Å². The van der Waals surface area contributed by atoms with Gasteiger partial charge in [0.05, 0.1) is 6.54 Å². The number of amides is 2. The lowest BCUT2D eigenvalue weighted by atomic mass is 10.4. The van der Waals surface area contributed by atoms with E-state index in [-0.39, 0.29) is 23.8 Å². The minimum atomic E-state index is -0.545. The van der Waals surface area contributed by atoms with Crippen molar-refractivity contribution in [3.63, 3.8) is 0 Å². The topological polar surface area (TPSA) is 83.8 Å². The molecule has 2 amide bonds. The predicted octanol–water partition coefficient (Wildman–Crippen LogP) is 0.0567. The number of pyridine rings is 1. The maximum atomic E-state index is 12.0. The Kier molecular flexibility index (Phi) is 3.99. The minimum absolute atomic E-state index is 0.0939. The van der Waals surface area contributed by atoms with E-state index in [9.17, 15) is 14.4 Å². The summed E-state index contributed by atoms with van der Waals surface area (Å²) in [5, 5.41) is 2.14. The molecule has 0 atom stereocenters. The molecule has 20 heavy (non-hydrogen) atoms. The molecule has 0 aliphatic carbocycles. The summed E-state index contributed by atoms with van der Waals surface area (Å²) in [7, 11) is 1.52. The number of hydrogen-bond donors (Lipinski definition) is 1. The summed E-state index contributed by atoms with van der Waals surface area (Å²) in [5.41, 5.74) is -0.0315. The third kappa shape index (κ3) is 2.62. The molecule has 7 nitrogen and oxygen atoms in total. The Morgan fingerprint density at radius 3 is 3.00 bits per heavy atom. The van der Waals surface area contributed by atoms with E-state index in [0.717, 1.165) is 0 Å². The molecule has 0 fully saturated rings. The smallest absolute Gasteiger partial charge is 0.298 e. The van der Waals surface area contributed by atoms with Gasteiger partial charge in [-0.05, 0) is 12.1 Å². The first kappa shape index (κ1) is 14.0. The molecule has 2 aromatic heterocycles. The molecule has 0 spiro atoms. The van der Waals surface area contributed by atoms with Gasteiger partial charge in [0.25, 0.3) is 5.56 Å². The van der Waals surface area contributed by atoms with Crippen molar-refractivity contribution in [2.75, 3.05) is 18.5 Å². The Balaban J connectivity index is 2.46. The highest BCUT2D eigenvalue weighted by Gasteiger charge is 2.17. The molecule has 0 saturated heterocycles. The standard InChI is InChI=1S/C12H11ClN4O3/c1-16(6-9(19)14-7-18)10-11(13)17-5-3-2-4-8(17)15-12(10)20/h2-5,7H,6H2,1H3,(H,14,18,19). The summed E-state index contributed by atoms with van der Waals surface area (Å²) >= 11 is 6.18. The van der Waals surface area contributed by atoms with E-state index in [1.54, 1.807) is 24.4 Å². The van der Waals surface area contributed by atoms with Gasteiger partial charge in [-0.25, -0.2) is 0 Å². The fraction of sp³-hybridized carbons (Fsp3) is 0.167. The second-order valence-electron chi connectivity index (χ2n) is 4.03. The average Bonchev–Trinajstić information content (AvgIpc) is 2.38. The van der Waals surface area contributed by atoms with E-state index in [1.165, 1.54) is 16.3 Å². The highest BCUT2D eigenvalue weighted by molar-refractivity contribution is 6.32. The van der Waals surface area contributed by atoms with Crippen LogP contribution in [0.3, 0.4) is 0 Å². The first-order valence-corrected chi connectivity index (χ1v) is 6.03. The fourth-order valence-electron chi connectivity index (χ4n) is 1.78. The number of halogens is 1. The Labute approximate surface area is 118 Å². The zero-order chi connectivity index (χ0) is 14.7. The minimum Gasteiger partial charge on any atom is -0.358 e. The first-order chi connectivity index (χ1) is 9.54. The van der Waals surface area contributed by atoms with Gasteiger partial charge < -0.3 is 4.90 Å². The lowest BCUT2D eigenvalue weighted by molar-refractivity contribution is -0.124. The first-order valence-electron chi connectivity index (χ1n) is 5.65. The Morgan fingerprint density at radius 2 is 2.30 bits per heavy atom. The van der Waals surface area contributed by atoms with Gasteiger partial charge in [-0.15, -0.1) is 0 Å². The van der Waals surface area contributed by atoms with E-state index in [2.05, 4.69) is 4.98 Å². The number of likely N-dealkylation sites (N-methyl/N-ethyl adjacent to an activating group) is 1. The van der Waals surface area contributed by atoms with Crippen LogP contribution >= 0.6 is 11.6 Å². The number of aromatic nitrogens is 2. The molecular weight excluding hydrogens is 284 g/mol. The quantitative estimate of drug-likeness (QED) is 0.637. The van der Waals surface area contributed by atoms with Crippen molar-refractivity contribution in [3.8, 4) is 0 Å². The average molecular weight is 295 g/mol. The van der Waals surface area contributed by atoms with Crippen LogP contribution < -0.4 is 15.8 Å². The Hall–Kier alpha value is -2.41. The summed E-state index contributed by atoms with van der Waals surface area (Å²) in [6.07, 6.45) is 1.94. The predicted molar refractivity (Wildman–Crippen MR) is 73.9 cm³/mol. The third-order valence-corrected chi connectivity index (χ3v) is 3.01. The van der Waals surface area contributed by atoms with Gasteiger partial charge in [0, 0.05) is 13.2 Å². The van der Waals surface area contributed by atoms with Gasteiger partial charge in [-0.1, -0.05) is 17.7 Å². The summed E-state index contributed by atoms with van der Waals surface area (Å²) in [5.74, 6) is -0.545. The maximum Gasteiger partial charge on any atom is 0.298 e. The number of imide groups is 1. The molecule has 8 heteroatoms. The lowest BCUT2D eigenvalue weighted by Crippen LogP contribution is -2.37. The van der Waals surface area contributed by atoms with Crippen LogP contribution in [0, 0.1) is 0 Å². The van der Waals surface area contributed by atoms with E-state index in [4.69, 9.17) is 11.6 Å². The SMILES string of the molecule is CN(CC(=O)NC=O)c1c(Cl)n2ccccc2nc1=O. The Morgan fingerprint density at radius 1 is 1.55 bits per heavy atom. The molecule has 104 valence electrons. The van der Waals surface area contributed by atoms with Crippen LogP contribution in [0.1, 0.15) is 0 Å². The van der Waals surface area contributed by atoms with Gasteiger partial charge >= 0.3 is 0 Å². The molecule has 0 aliphatic heterocycles. The molecule has 2 aromatic rings. The Bertz CT molecular complexity index is 728. The maximum absolute atomic E-state index is 12.0. The van der Waals surface area contributed by atoms with Crippen LogP contribution in [-0.2, 0) is 9.59 Å². The zero-order valence-corrected chi connectivity index (χ0v) is 11.3. The molecule has 0 radical (unpaired) electrons. The van der Waals surface area contributed by atoms with Gasteiger partial charge in [0.15, 0.2) is 0 Å². The summed E-state index contributed by atoms with van der Waals surface area (Å²) in [4.78, 5) is 38.8. The van der Waals surface area contributed by atoms with E-state index < -0.39 is 11.5 Å². The van der Waals surface area contributed by atoms with Gasteiger partial charge in [0.1, 0.15) is 16.5 Å². The molecule has 1 N–H and O–H groups in total. The van der Waals surface area contributed by atoms with Crippen LogP contribution in [0.5, 0.6) is 0 Å². The number of hydrogen-bond acceptors (Lipinski definition) is 5. The normalized spacial score (nSPS) is 10.3. The molecule has 0 bridgehead atoms. The highest BCUT2D eigenvalue weighted by Crippen LogP contribution is 2.20. The monoisotopic (exact) mass is 294 g/mol. The molecule has 0 aliphatic rings. The molecule has 0 saturated carbocycles. The van der Waals surface area contributed by atoms with Crippen LogP contribution in [0.4, 0.5) is 5.69 Å². The second-order valence-corrected chi connectivity index (χ2v) is 4.38. The van der Waals surface area contributed by atoms with Gasteiger partial charge in [-0.2, -0.15) is 4.98 Å². The number of anilines is 1. The van der Waals surface area contributed by atoms with Crippen LogP contribution in [-0.4, -0.2) is 35.3 Å². The van der Waals surface area contributed by atoms with Crippen LogP contribution in [0.25, 0.3) is 5.65 Å². The molecule has 0 aromatic carbocycles. The van der Waals surface area contributed by atoms with Crippen molar-refractivity contribution in [3.05, 3.63) is 39.9 Å². The second kappa shape index (κ2) is 5.70. The van der Waals surface area contributed by atoms with Crippen molar-refractivity contribution in [2.24, 2.45) is 0 Å². The van der Waals surface area contributed by atoms with Crippen molar-refractivity contribution in [1.29, 1.82) is 0 Å². The van der Waals surface area contributed by atoms with Crippen LogP contribution in [0.2, 0.25) is 5.15 Å². The zero-order valence-electron chi connectivity index (χ0n) is 10.5. The number of carbonyl (C=O) groups excluding carboxylic acids is 2. The van der Waals surface area contributed by atoms with Crippen molar-refractivity contribution in [2.45, 2.75) is 0 Å². The number of fused-ring (bicyclic) bond motifs is 1. The van der Waals surface area contributed by atoms with Crippen molar-refractivity contribution < 1.29 is 9.59 Å².